The van der Waals surface area contributed by atoms with Crippen molar-refractivity contribution in [1.82, 2.24) is 4.98 Å². The zero-order valence-corrected chi connectivity index (χ0v) is 12.0. The summed E-state index contributed by atoms with van der Waals surface area (Å²) in [5.74, 6) is 0.917. The van der Waals surface area contributed by atoms with Gasteiger partial charge in [-0.1, -0.05) is 42.5 Å². The van der Waals surface area contributed by atoms with E-state index in [0.717, 1.165) is 34.4 Å². The molecule has 0 fully saturated rings. The van der Waals surface area contributed by atoms with Crippen molar-refractivity contribution >= 4 is 16.7 Å². The number of anilines is 1. The van der Waals surface area contributed by atoms with Gasteiger partial charge in [0.05, 0.1) is 12.1 Å². The Labute approximate surface area is 124 Å². The van der Waals surface area contributed by atoms with Crippen LogP contribution in [-0.4, -0.2) is 10.1 Å². The number of fused-ring (bicyclic) bond motifs is 1. The first-order valence-electron chi connectivity index (χ1n) is 7.05. The summed E-state index contributed by atoms with van der Waals surface area (Å²) in [6, 6.07) is 18.2. The van der Waals surface area contributed by atoms with Crippen molar-refractivity contribution in [2.75, 3.05) is 5.32 Å². The minimum Gasteiger partial charge on any atom is -0.392 e. The lowest BCUT2D eigenvalue weighted by molar-refractivity contribution is 0.282. The highest BCUT2D eigenvalue weighted by molar-refractivity contribution is 5.81. The average Bonchev–Trinajstić information content (AvgIpc) is 2.53. The van der Waals surface area contributed by atoms with E-state index in [9.17, 15) is 0 Å². The quantitative estimate of drug-likeness (QED) is 0.765. The van der Waals surface area contributed by atoms with Crippen molar-refractivity contribution in [3.05, 3.63) is 71.3 Å². The number of aliphatic hydroxyl groups excluding tert-OH is 1. The van der Waals surface area contributed by atoms with Crippen LogP contribution in [0.4, 0.5) is 5.82 Å². The van der Waals surface area contributed by atoms with Gasteiger partial charge >= 0.3 is 0 Å². The minimum atomic E-state index is 0.0824. The fourth-order valence-corrected chi connectivity index (χ4v) is 2.35. The Kier molecular flexibility index (Phi) is 3.84. The Morgan fingerprint density at radius 1 is 1.00 bits per heavy atom. The van der Waals surface area contributed by atoms with Gasteiger partial charge in [0.1, 0.15) is 5.82 Å². The third-order valence-electron chi connectivity index (χ3n) is 3.58. The first-order valence-corrected chi connectivity index (χ1v) is 7.05. The fraction of sp³-hybridized carbons (Fsp3) is 0.167. The zero-order valence-electron chi connectivity index (χ0n) is 12.0. The summed E-state index contributed by atoms with van der Waals surface area (Å²) >= 11 is 0. The Morgan fingerprint density at radius 2 is 1.71 bits per heavy atom. The second kappa shape index (κ2) is 5.94. The molecule has 21 heavy (non-hydrogen) atoms. The van der Waals surface area contributed by atoms with Gasteiger partial charge in [0.15, 0.2) is 0 Å². The molecule has 2 aromatic carbocycles. The van der Waals surface area contributed by atoms with E-state index in [4.69, 9.17) is 5.11 Å². The van der Waals surface area contributed by atoms with Crippen molar-refractivity contribution in [3.8, 4) is 0 Å². The molecule has 1 aromatic heterocycles. The monoisotopic (exact) mass is 278 g/mol. The molecule has 0 aliphatic rings. The molecule has 0 bridgehead atoms. The third-order valence-corrected chi connectivity index (χ3v) is 3.58. The maximum Gasteiger partial charge on any atom is 0.129 e. The molecule has 106 valence electrons. The van der Waals surface area contributed by atoms with Gasteiger partial charge < -0.3 is 10.4 Å². The number of hydrogen-bond donors (Lipinski definition) is 2. The number of para-hydroxylation sites is 1. The summed E-state index contributed by atoms with van der Waals surface area (Å²) in [7, 11) is 0. The molecule has 0 aliphatic heterocycles. The number of benzene rings is 2. The molecule has 0 spiro atoms. The molecule has 3 aromatic rings. The maximum atomic E-state index is 9.05. The summed E-state index contributed by atoms with van der Waals surface area (Å²) in [6.07, 6.45) is 0. The highest BCUT2D eigenvalue weighted by Crippen LogP contribution is 2.20. The number of pyridine rings is 1. The molecule has 0 aliphatic carbocycles. The molecule has 3 rings (SSSR count). The van der Waals surface area contributed by atoms with Crippen LogP contribution in [0.5, 0.6) is 0 Å². The zero-order chi connectivity index (χ0) is 14.7. The Balaban J connectivity index is 1.79. The molecular weight excluding hydrogens is 260 g/mol. The van der Waals surface area contributed by atoms with Gasteiger partial charge in [-0.2, -0.15) is 0 Å². The lowest BCUT2D eigenvalue weighted by Gasteiger charge is -2.10. The molecule has 0 atom stereocenters. The van der Waals surface area contributed by atoms with E-state index >= 15 is 0 Å². The normalized spacial score (nSPS) is 10.8. The van der Waals surface area contributed by atoms with E-state index in [0.29, 0.717) is 0 Å². The predicted molar refractivity (Wildman–Crippen MR) is 86.2 cm³/mol. The van der Waals surface area contributed by atoms with Crippen molar-refractivity contribution in [1.29, 1.82) is 0 Å². The van der Waals surface area contributed by atoms with Crippen LogP contribution >= 0.6 is 0 Å². The molecule has 0 saturated heterocycles. The number of nitrogens with one attached hydrogen (secondary N) is 1. The van der Waals surface area contributed by atoms with Crippen LogP contribution < -0.4 is 5.32 Å². The van der Waals surface area contributed by atoms with Crippen LogP contribution in [0.25, 0.3) is 10.9 Å². The van der Waals surface area contributed by atoms with Crippen LogP contribution in [0.15, 0.2) is 54.6 Å². The summed E-state index contributed by atoms with van der Waals surface area (Å²) in [4.78, 5) is 4.67. The molecule has 3 nitrogen and oxygen atoms in total. The molecular formula is C18H18N2O. The lowest BCUT2D eigenvalue weighted by Crippen LogP contribution is -2.03. The number of aryl methyl sites for hydroxylation is 1. The second-order valence-electron chi connectivity index (χ2n) is 5.17. The van der Waals surface area contributed by atoms with Crippen LogP contribution in [0.2, 0.25) is 0 Å². The Morgan fingerprint density at radius 3 is 2.48 bits per heavy atom. The van der Waals surface area contributed by atoms with Crippen LogP contribution in [-0.2, 0) is 13.2 Å². The van der Waals surface area contributed by atoms with Gasteiger partial charge in [0.2, 0.25) is 0 Å². The number of rotatable bonds is 4. The van der Waals surface area contributed by atoms with Crippen molar-refractivity contribution in [3.63, 3.8) is 0 Å². The topological polar surface area (TPSA) is 45.2 Å². The summed E-state index contributed by atoms with van der Waals surface area (Å²) in [5, 5.41) is 13.6. The Hall–Kier alpha value is -2.39. The molecule has 0 saturated carbocycles. The maximum absolute atomic E-state index is 9.05. The van der Waals surface area contributed by atoms with Gasteiger partial charge in [-0.25, -0.2) is 4.98 Å². The number of aliphatic hydroxyl groups is 1. The minimum absolute atomic E-state index is 0.0824. The van der Waals surface area contributed by atoms with Crippen molar-refractivity contribution < 1.29 is 5.11 Å². The summed E-state index contributed by atoms with van der Waals surface area (Å²) in [5.41, 5.74) is 4.24. The molecule has 1 heterocycles. The molecule has 2 N–H and O–H groups in total. The highest BCUT2D eigenvalue weighted by atomic mass is 16.3. The van der Waals surface area contributed by atoms with E-state index in [1.165, 1.54) is 5.56 Å². The molecule has 3 heteroatoms. The average molecular weight is 278 g/mol. The number of nitrogens with zero attached hydrogens (tertiary/aromatic N) is 1. The predicted octanol–water partition coefficient (Wildman–Crippen LogP) is 3.65. The molecule has 0 unspecified atom stereocenters. The van der Waals surface area contributed by atoms with E-state index in [2.05, 4.69) is 29.4 Å². The highest BCUT2D eigenvalue weighted by Gasteiger charge is 2.03. The number of aromatic nitrogens is 1. The van der Waals surface area contributed by atoms with E-state index < -0.39 is 0 Å². The van der Waals surface area contributed by atoms with Crippen LogP contribution in [0.3, 0.4) is 0 Å². The standard InChI is InChI=1S/C18H18N2O/c1-13-10-16-4-2-3-5-17(16)20-18(13)19-11-14-6-8-15(12-21)9-7-14/h2-10,21H,11-12H2,1H3,(H,19,20). The largest absolute Gasteiger partial charge is 0.392 e. The third kappa shape index (κ3) is 3.03. The van der Waals surface area contributed by atoms with Gasteiger partial charge in [-0.3, -0.25) is 0 Å². The van der Waals surface area contributed by atoms with Crippen molar-refractivity contribution in [2.24, 2.45) is 0 Å². The molecule has 0 amide bonds. The van der Waals surface area contributed by atoms with E-state index in [1.54, 1.807) is 0 Å². The first kappa shape index (κ1) is 13.6. The first-order chi connectivity index (χ1) is 10.3. The van der Waals surface area contributed by atoms with E-state index in [1.807, 2.05) is 42.5 Å². The van der Waals surface area contributed by atoms with E-state index in [-0.39, 0.29) is 6.61 Å². The smallest absolute Gasteiger partial charge is 0.129 e. The number of hydrogen-bond acceptors (Lipinski definition) is 3. The SMILES string of the molecule is Cc1cc2ccccc2nc1NCc1ccc(CO)cc1. The van der Waals surface area contributed by atoms with Crippen molar-refractivity contribution in [2.45, 2.75) is 20.1 Å². The summed E-state index contributed by atoms with van der Waals surface area (Å²) in [6.45, 7) is 2.87. The van der Waals surface area contributed by atoms with Gasteiger partial charge in [-0.05, 0) is 35.7 Å². The second-order valence-corrected chi connectivity index (χ2v) is 5.17. The molecule has 0 radical (unpaired) electrons. The van der Waals surface area contributed by atoms with Crippen LogP contribution in [0.1, 0.15) is 16.7 Å². The van der Waals surface area contributed by atoms with Gasteiger partial charge in [-0.15, -0.1) is 0 Å². The van der Waals surface area contributed by atoms with Gasteiger partial charge in [0.25, 0.3) is 0 Å². The fourth-order valence-electron chi connectivity index (χ4n) is 2.35. The summed E-state index contributed by atoms with van der Waals surface area (Å²) < 4.78 is 0. The lowest BCUT2D eigenvalue weighted by atomic mass is 10.1. The Bertz CT molecular complexity index is 751. The van der Waals surface area contributed by atoms with Gasteiger partial charge in [0, 0.05) is 11.9 Å². The van der Waals surface area contributed by atoms with Crippen LogP contribution in [0, 0.1) is 6.92 Å².